The minimum atomic E-state index is -0.667. The van der Waals surface area contributed by atoms with Gasteiger partial charge in [0.25, 0.3) is 11.7 Å². The lowest BCUT2D eigenvalue weighted by Crippen LogP contribution is -2.33. The Hall–Kier alpha value is -2.79. The summed E-state index contributed by atoms with van der Waals surface area (Å²) < 4.78 is 0. The number of aliphatic hydroxyl groups is 1. The number of ketones is 1. The van der Waals surface area contributed by atoms with Gasteiger partial charge in [0.2, 0.25) is 0 Å². The Kier molecular flexibility index (Phi) is 5.99. The van der Waals surface area contributed by atoms with Crippen LogP contribution in [-0.2, 0) is 9.59 Å². The van der Waals surface area contributed by atoms with E-state index in [1.165, 1.54) is 0 Å². The van der Waals surface area contributed by atoms with Crippen molar-refractivity contribution in [2.45, 2.75) is 19.9 Å². The van der Waals surface area contributed by atoms with E-state index in [9.17, 15) is 14.7 Å². The standard InChI is InChI=1S/C23H25ClN2O3/c1-14(2)13-26-20(15-7-11-18(12-8-15)25(3)4)19(22(28)23(26)29)21(27)16-5-9-17(24)10-6-16/h5-12,14,20,27H,13H2,1-4H3/b21-19-. The molecule has 0 aliphatic carbocycles. The fourth-order valence-corrected chi connectivity index (χ4v) is 3.65. The summed E-state index contributed by atoms with van der Waals surface area (Å²) in [4.78, 5) is 29.2. The van der Waals surface area contributed by atoms with E-state index in [1.807, 2.05) is 57.1 Å². The van der Waals surface area contributed by atoms with Crippen LogP contribution in [0.3, 0.4) is 0 Å². The Labute approximate surface area is 176 Å². The van der Waals surface area contributed by atoms with Gasteiger partial charge in [0.15, 0.2) is 0 Å². The molecule has 0 bridgehead atoms. The summed E-state index contributed by atoms with van der Waals surface area (Å²) in [6.45, 7) is 4.40. The maximum atomic E-state index is 12.9. The molecule has 0 saturated carbocycles. The van der Waals surface area contributed by atoms with Crippen LogP contribution >= 0.6 is 11.6 Å². The normalized spacial score (nSPS) is 18.6. The Morgan fingerprint density at radius 2 is 1.66 bits per heavy atom. The third kappa shape index (κ3) is 4.15. The van der Waals surface area contributed by atoms with Crippen LogP contribution in [0.1, 0.15) is 31.0 Å². The van der Waals surface area contributed by atoms with Crippen molar-refractivity contribution in [1.82, 2.24) is 4.90 Å². The average Bonchev–Trinajstić information content (AvgIpc) is 2.92. The second kappa shape index (κ2) is 8.29. The van der Waals surface area contributed by atoms with Crippen LogP contribution in [0, 0.1) is 5.92 Å². The lowest BCUT2D eigenvalue weighted by molar-refractivity contribution is -0.140. The zero-order valence-electron chi connectivity index (χ0n) is 17.0. The second-order valence-electron chi connectivity index (χ2n) is 7.84. The predicted molar refractivity (Wildman–Crippen MR) is 116 cm³/mol. The van der Waals surface area contributed by atoms with Crippen molar-refractivity contribution in [2.75, 3.05) is 25.5 Å². The van der Waals surface area contributed by atoms with E-state index in [0.29, 0.717) is 17.1 Å². The highest BCUT2D eigenvalue weighted by atomic mass is 35.5. The van der Waals surface area contributed by atoms with Crippen LogP contribution in [0.15, 0.2) is 54.1 Å². The van der Waals surface area contributed by atoms with Crippen molar-refractivity contribution < 1.29 is 14.7 Å². The first-order chi connectivity index (χ1) is 13.7. The van der Waals surface area contributed by atoms with E-state index in [4.69, 9.17) is 11.6 Å². The van der Waals surface area contributed by atoms with Gasteiger partial charge in [0.1, 0.15) is 5.76 Å². The molecule has 0 aromatic heterocycles. The molecule has 1 saturated heterocycles. The molecule has 1 N–H and O–H groups in total. The van der Waals surface area contributed by atoms with Crippen LogP contribution in [-0.4, -0.2) is 42.3 Å². The first-order valence-electron chi connectivity index (χ1n) is 9.52. The molecule has 1 fully saturated rings. The van der Waals surface area contributed by atoms with Gasteiger partial charge >= 0.3 is 0 Å². The molecule has 1 atom stereocenters. The van der Waals surface area contributed by atoms with Crippen LogP contribution in [0.5, 0.6) is 0 Å². The van der Waals surface area contributed by atoms with Gasteiger partial charge in [-0.25, -0.2) is 0 Å². The molecule has 2 aromatic carbocycles. The molecule has 1 aliphatic heterocycles. The number of benzene rings is 2. The van der Waals surface area contributed by atoms with Gasteiger partial charge in [-0.05, 0) is 47.9 Å². The maximum absolute atomic E-state index is 12.9. The molecule has 3 rings (SSSR count). The quantitative estimate of drug-likeness (QED) is 0.446. The Morgan fingerprint density at radius 3 is 2.17 bits per heavy atom. The minimum Gasteiger partial charge on any atom is -0.507 e. The molecular weight excluding hydrogens is 388 g/mol. The number of carbonyl (C=O) groups is 2. The summed E-state index contributed by atoms with van der Waals surface area (Å²) in [5.41, 5.74) is 2.35. The van der Waals surface area contributed by atoms with Gasteiger partial charge in [-0.15, -0.1) is 0 Å². The van der Waals surface area contributed by atoms with E-state index in [2.05, 4.69) is 0 Å². The zero-order valence-corrected chi connectivity index (χ0v) is 17.8. The van der Waals surface area contributed by atoms with Crippen molar-refractivity contribution in [3.63, 3.8) is 0 Å². The number of amides is 1. The summed E-state index contributed by atoms with van der Waals surface area (Å²) >= 11 is 5.94. The van der Waals surface area contributed by atoms with E-state index >= 15 is 0 Å². The molecular formula is C23H25ClN2O3. The number of Topliss-reactive ketones (excluding diaryl/α,β-unsaturated/α-hetero) is 1. The van der Waals surface area contributed by atoms with Crippen LogP contribution in [0.4, 0.5) is 5.69 Å². The number of likely N-dealkylation sites (tertiary alicyclic amines) is 1. The molecule has 29 heavy (non-hydrogen) atoms. The average molecular weight is 413 g/mol. The Bertz CT molecular complexity index is 947. The van der Waals surface area contributed by atoms with E-state index < -0.39 is 17.7 Å². The fourth-order valence-electron chi connectivity index (χ4n) is 3.53. The zero-order chi connectivity index (χ0) is 21.3. The highest BCUT2D eigenvalue weighted by Crippen LogP contribution is 2.40. The number of carbonyl (C=O) groups excluding carboxylic acids is 2. The van der Waals surface area contributed by atoms with Crippen LogP contribution in [0.25, 0.3) is 5.76 Å². The summed E-state index contributed by atoms with van der Waals surface area (Å²) in [7, 11) is 3.89. The van der Waals surface area contributed by atoms with Crippen LogP contribution < -0.4 is 4.90 Å². The molecule has 1 amide bonds. The SMILES string of the molecule is CC(C)CN1C(=O)C(=O)/C(=C(\O)c2ccc(Cl)cc2)C1c1ccc(N(C)C)cc1. The third-order valence-corrected chi connectivity index (χ3v) is 5.20. The van der Waals surface area contributed by atoms with Gasteiger partial charge in [-0.2, -0.15) is 0 Å². The lowest BCUT2D eigenvalue weighted by atomic mass is 9.95. The largest absolute Gasteiger partial charge is 0.507 e. The number of rotatable bonds is 5. The molecule has 2 aromatic rings. The van der Waals surface area contributed by atoms with Crippen molar-refractivity contribution in [1.29, 1.82) is 0 Å². The number of anilines is 1. The summed E-state index contributed by atoms with van der Waals surface area (Å²) in [6, 6.07) is 13.6. The highest BCUT2D eigenvalue weighted by Gasteiger charge is 2.46. The monoisotopic (exact) mass is 412 g/mol. The molecule has 152 valence electrons. The first-order valence-corrected chi connectivity index (χ1v) is 9.90. The molecule has 1 heterocycles. The number of aliphatic hydroxyl groups excluding tert-OH is 1. The van der Waals surface area contributed by atoms with Gasteiger partial charge in [0.05, 0.1) is 11.6 Å². The smallest absolute Gasteiger partial charge is 0.295 e. The Balaban J connectivity index is 2.15. The van der Waals surface area contributed by atoms with Gasteiger partial charge in [-0.1, -0.05) is 37.6 Å². The summed E-state index contributed by atoms with van der Waals surface area (Å²) in [6.07, 6.45) is 0. The predicted octanol–water partition coefficient (Wildman–Crippen LogP) is 4.48. The maximum Gasteiger partial charge on any atom is 0.295 e. The first kappa shape index (κ1) is 20.9. The molecule has 1 aliphatic rings. The highest BCUT2D eigenvalue weighted by molar-refractivity contribution is 6.46. The summed E-state index contributed by atoms with van der Waals surface area (Å²) in [5.74, 6) is -1.27. The number of hydrogen-bond donors (Lipinski definition) is 1. The van der Waals surface area contributed by atoms with E-state index in [-0.39, 0.29) is 17.3 Å². The lowest BCUT2D eigenvalue weighted by Gasteiger charge is -2.27. The molecule has 0 radical (unpaired) electrons. The van der Waals surface area contributed by atoms with Gasteiger partial charge < -0.3 is 14.9 Å². The second-order valence-corrected chi connectivity index (χ2v) is 8.27. The molecule has 5 nitrogen and oxygen atoms in total. The van der Waals surface area contributed by atoms with E-state index in [0.717, 1.165) is 11.3 Å². The molecule has 6 heteroatoms. The summed E-state index contributed by atoms with van der Waals surface area (Å²) in [5, 5.41) is 11.5. The van der Waals surface area contributed by atoms with Crippen LogP contribution in [0.2, 0.25) is 5.02 Å². The topological polar surface area (TPSA) is 60.9 Å². The molecule has 0 spiro atoms. The van der Waals surface area contributed by atoms with Crippen molar-refractivity contribution in [3.8, 4) is 0 Å². The van der Waals surface area contributed by atoms with Crippen molar-refractivity contribution >= 4 is 34.7 Å². The molecule has 1 unspecified atom stereocenters. The number of hydrogen-bond acceptors (Lipinski definition) is 4. The minimum absolute atomic E-state index is 0.107. The van der Waals surface area contributed by atoms with Crippen molar-refractivity contribution in [3.05, 3.63) is 70.3 Å². The van der Waals surface area contributed by atoms with E-state index in [1.54, 1.807) is 29.2 Å². The number of nitrogens with zero attached hydrogens (tertiary/aromatic N) is 2. The third-order valence-electron chi connectivity index (χ3n) is 4.94. The van der Waals surface area contributed by atoms with Crippen molar-refractivity contribution in [2.24, 2.45) is 5.92 Å². The fraction of sp³-hybridized carbons (Fsp3) is 0.304. The number of halogens is 1. The van der Waals surface area contributed by atoms with Gasteiger partial charge in [-0.3, -0.25) is 9.59 Å². The Morgan fingerprint density at radius 1 is 1.07 bits per heavy atom. The van der Waals surface area contributed by atoms with Gasteiger partial charge in [0, 0.05) is 36.9 Å².